The highest BCUT2D eigenvalue weighted by atomic mass is 32.1. The Morgan fingerprint density at radius 1 is 1.33 bits per heavy atom. The molecule has 0 aliphatic rings. The van der Waals surface area contributed by atoms with Gasteiger partial charge in [0, 0.05) is 18.5 Å². The maximum Gasteiger partial charge on any atom is 0.340 e. The second kappa shape index (κ2) is 7.13. The molecule has 0 spiro atoms. The van der Waals surface area contributed by atoms with Gasteiger partial charge in [0.05, 0.1) is 23.5 Å². The zero-order chi connectivity index (χ0) is 15.2. The van der Waals surface area contributed by atoms with Gasteiger partial charge in [0.2, 0.25) is 0 Å². The minimum atomic E-state index is -0.331. The van der Waals surface area contributed by atoms with Gasteiger partial charge in [-0.2, -0.15) is 0 Å². The van der Waals surface area contributed by atoms with E-state index in [4.69, 9.17) is 10.5 Å². The summed E-state index contributed by atoms with van der Waals surface area (Å²) >= 11 is 1.73. The van der Waals surface area contributed by atoms with E-state index in [0.29, 0.717) is 17.9 Å². The number of nitrogens with two attached hydrogens (primary N) is 1. The molecule has 1 aromatic heterocycles. The number of nitrogen functional groups attached to an aromatic ring is 1. The summed E-state index contributed by atoms with van der Waals surface area (Å²) in [5.74, 6) is -0.331. The van der Waals surface area contributed by atoms with Crippen LogP contribution in [0.15, 0.2) is 35.7 Å². The maximum atomic E-state index is 12.1. The predicted octanol–water partition coefficient (Wildman–Crippen LogP) is 3.19. The van der Waals surface area contributed by atoms with Gasteiger partial charge in [-0.05, 0) is 36.9 Å². The predicted molar refractivity (Wildman–Crippen MR) is 88.1 cm³/mol. The minimum absolute atomic E-state index is 0.331. The van der Waals surface area contributed by atoms with Crippen LogP contribution in [0.25, 0.3) is 0 Å². The molecule has 21 heavy (non-hydrogen) atoms. The number of carbonyl (C=O) groups is 1. The summed E-state index contributed by atoms with van der Waals surface area (Å²) in [6, 6.07) is 9.49. The zero-order valence-electron chi connectivity index (χ0n) is 12.3. The SMILES string of the molecule is CCOC(=O)c1cccc(N)c1N(C)CCc1cccs1. The number of ether oxygens (including phenoxy) is 1. The number of likely N-dealkylation sites (N-methyl/N-ethyl adjacent to an activating group) is 1. The average molecular weight is 304 g/mol. The lowest BCUT2D eigenvalue weighted by molar-refractivity contribution is 0.0527. The zero-order valence-corrected chi connectivity index (χ0v) is 13.2. The Hall–Kier alpha value is -2.01. The molecule has 112 valence electrons. The van der Waals surface area contributed by atoms with Gasteiger partial charge < -0.3 is 15.4 Å². The van der Waals surface area contributed by atoms with Crippen LogP contribution in [0.5, 0.6) is 0 Å². The van der Waals surface area contributed by atoms with Gasteiger partial charge in [-0.1, -0.05) is 12.1 Å². The van der Waals surface area contributed by atoms with E-state index in [1.165, 1.54) is 4.88 Å². The molecule has 0 saturated heterocycles. The number of benzene rings is 1. The molecule has 4 nitrogen and oxygen atoms in total. The van der Waals surface area contributed by atoms with Crippen molar-refractivity contribution < 1.29 is 9.53 Å². The fourth-order valence-corrected chi connectivity index (χ4v) is 2.90. The Kier molecular flexibility index (Phi) is 5.22. The van der Waals surface area contributed by atoms with Crippen molar-refractivity contribution in [2.75, 3.05) is 30.8 Å². The second-order valence-electron chi connectivity index (χ2n) is 4.71. The van der Waals surface area contributed by atoms with Crippen molar-refractivity contribution in [2.24, 2.45) is 0 Å². The summed E-state index contributed by atoms with van der Waals surface area (Å²) in [4.78, 5) is 15.4. The van der Waals surface area contributed by atoms with Gasteiger partial charge in [0.1, 0.15) is 0 Å². The Balaban J connectivity index is 2.18. The van der Waals surface area contributed by atoms with E-state index in [-0.39, 0.29) is 5.97 Å². The van der Waals surface area contributed by atoms with Crippen molar-refractivity contribution in [1.82, 2.24) is 0 Å². The number of thiophene rings is 1. The monoisotopic (exact) mass is 304 g/mol. The van der Waals surface area contributed by atoms with Crippen molar-refractivity contribution in [1.29, 1.82) is 0 Å². The molecule has 0 bridgehead atoms. The van der Waals surface area contributed by atoms with E-state index in [0.717, 1.165) is 18.7 Å². The Bertz CT molecular complexity index is 596. The third kappa shape index (κ3) is 3.76. The van der Waals surface area contributed by atoms with E-state index < -0.39 is 0 Å². The molecule has 0 unspecified atom stereocenters. The first-order valence-corrected chi connectivity index (χ1v) is 7.80. The normalized spacial score (nSPS) is 10.4. The Morgan fingerprint density at radius 3 is 2.81 bits per heavy atom. The van der Waals surface area contributed by atoms with Crippen LogP contribution in [0, 0.1) is 0 Å². The van der Waals surface area contributed by atoms with Crippen molar-refractivity contribution >= 4 is 28.7 Å². The number of hydrogen-bond acceptors (Lipinski definition) is 5. The molecule has 2 N–H and O–H groups in total. The first kappa shape index (κ1) is 15.4. The number of para-hydroxylation sites is 1. The fraction of sp³-hybridized carbons (Fsp3) is 0.312. The molecule has 0 aliphatic carbocycles. The average Bonchev–Trinajstić information content (AvgIpc) is 2.98. The molecule has 5 heteroatoms. The van der Waals surface area contributed by atoms with E-state index in [1.54, 1.807) is 36.5 Å². The van der Waals surface area contributed by atoms with Crippen molar-refractivity contribution in [3.8, 4) is 0 Å². The summed E-state index contributed by atoms with van der Waals surface area (Å²) in [6.45, 7) is 2.94. The topological polar surface area (TPSA) is 55.6 Å². The lowest BCUT2D eigenvalue weighted by Crippen LogP contribution is -2.24. The molecule has 2 rings (SSSR count). The number of hydrogen-bond donors (Lipinski definition) is 1. The highest BCUT2D eigenvalue weighted by Gasteiger charge is 2.17. The van der Waals surface area contributed by atoms with Crippen LogP contribution >= 0.6 is 11.3 Å². The molecule has 0 fully saturated rings. The van der Waals surface area contributed by atoms with Gasteiger partial charge in [-0.25, -0.2) is 4.79 Å². The molecule has 0 radical (unpaired) electrons. The molecule has 1 aromatic carbocycles. The lowest BCUT2D eigenvalue weighted by Gasteiger charge is -2.23. The molecular formula is C16H20N2O2S. The van der Waals surface area contributed by atoms with Crippen molar-refractivity contribution in [2.45, 2.75) is 13.3 Å². The summed E-state index contributed by atoms with van der Waals surface area (Å²) in [6.07, 6.45) is 0.921. The number of esters is 1. The first-order chi connectivity index (χ1) is 10.1. The van der Waals surface area contributed by atoms with Gasteiger partial charge in [-0.15, -0.1) is 11.3 Å². The summed E-state index contributed by atoms with van der Waals surface area (Å²) < 4.78 is 5.11. The molecule has 2 aromatic rings. The van der Waals surface area contributed by atoms with Crippen LogP contribution in [0.1, 0.15) is 22.2 Å². The van der Waals surface area contributed by atoms with Gasteiger partial charge in [-0.3, -0.25) is 0 Å². The van der Waals surface area contributed by atoms with E-state index in [1.807, 2.05) is 18.0 Å². The van der Waals surface area contributed by atoms with E-state index in [9.17, 15) is 4.79 Å². The van der Waals surface area contributed by atoms with Crippen LogP contribution in [0.3, 0.4) is 0 Å². The molecular weight excluding hydrogens is 284 g/mol. The molecule has 1 heterocycles. The Morgan fingerprint density at radius 2 is 2.14 bits per heavy atom. The quantitative estimate of drug-likeness (QED) is 0.658. The van der Waals surface area contributed by atoms with Crippen LogP contribution < -0.4 is 10.6 Å². The summed E-state index contributed by atoms with van der Waals surface area (Å²) in [7, 11) is 1.95. The lowest BCUT2D eigenvalue weighted by atomic mass is 10.1. The fourth-order valence-electron chi connectivity index (χ4n) is 2.21. The van der Waals surface area contributed by atoms with Crippen LogP contribution in [0.4, 0.5) is 11.4 Å². The second-order valence-corrected chi connectivity index (χ2v) is 5.75. The minimum Gasteiger partial charge on any atom is -0.462 e. The third-order valence-corrected chi connectivity index (χ3v) is 4.15. The smallest absolute Gasteiger partial charge is 0.340 e. The summed E-state index contributed by atoms with van der Waals surface area (Å²) in [5, 5.41) is 2.07. The molecule has 0 atom stereocenters. The summed E-state index contributed by atoms with van der Waals surface area (Å²) in [5.41, 5.74) is 7.91. The molecule has 0 saturated carbocycles. The third-order valence-electron chi connectivity index (χ3n) is 3.22. The van der Waals surface area contributed by atoms with E-state index >= 15 is 0 Å². The molecule has 0 amide bonds. The van der Waals surface area contributed by atoms with Crippen molar-refractivity contribution in [3.63, 3.8) is 0 Å². The van der Waals surface area contributed by atoms with Crippen LogP contribution in [-0.4, -0.2) is 26.2 Å². The number of anilines is 2. The van der Waals surface area contributed by atoms with Gasteiger partial charge in [0.25, 0.3) is 0 Å². The van der Waals surface area contributed by atoms with Crippen molar-refractivity contribution in [3.05, 3.63) is 46.2 Å². The number of nitrogens with zero attached hydrogens (tertiary/aromatic N) is 1. The van der Waals surface area contributed by atoms with Gasteiger partial charge >= 0.3 is 5.97 Å². The largest absolute Gasteiger partial charge is 0.462 e. The van der Waals surface area contributed by atoms with Gasteiger partial charge in [0.15, 0.2) is 0 Å². The first-order valence-electron chi connectivity index (χ1n) is 6.92. The van der Waals surface area contributed by atoms with Crippen LogP contribution in [0.2, 0.25) is 0 Å². The van der Waals surface area contributed by atoms with E-state index in [2.05, 4.69) is 11.4 Å². The maximum absolute atomic E-state index is 12.1. The number of rotatable bonds is 6. The molecule has 0 aliphatic heterocycles. The Labute approximate surface area is 129 Å². The highest BCUT2D eigenvalue weighted by molar-refractivity contribution is 7.09. The highest BCUT2D eigenvalue weighted by Crippen LogP contribution is 2.28. The standard InChI is InChI=1S/C16H20N2O2S/c1-3-20-16(19)13-7-4-8-14(17)15(13)18(2)10-9-12-6-5-11-21-12/h4-8,11H,3,9-10,17H2,1-2H3. The number of carbonyl (C=O) groups excluding carboxylic acids is 1. The van der Waals surface area contributed by atoms with Crippen LogP contribution in [-0.2, 0) is 11.2 Å².